The van der Waals surface area contributed by atoms with Crippen molar-refractivity contribution >= 4 is 17.3 Å². The maximum Gasteiger partial charge on any atom is 0.340 e. The van der Waals surface area contributed by atoms with Crippen LogP contribution in [0.3, 0.4) is 0 Å². The van der Waals surface area contributed by atoms with Gasteiger partial charge in [-0.25, -0.2) is 4.79 Å². The number of hydrogen-bond acceptors (Lipinski definition) is 2. The maximum absolute atomic E-state index is 12.1. The summed E-state index contributed by atoms with van der Waals surface area (Å²) in [6, 6.07) is 24.3. The lowest BCUT2D eigenvalue weighted by Gasteiger charge is -2.15. The van der Waals surface area contributed by atoms with E-state index in [-0.39, 0.29) is 5.57 Å². The van der Waals surface area contributed by atoms with Gasteiger partial charge >= 0.3 is 5.97 Å². The molecule has 0 radical (unpaired) electrons. The molecule has 3 rings (SSSR count). The molecule has 1 N–H and O–H groups in total. The number of aliphatic carboxylic acids is 1. The highest BCUT2D eigenvalue weighted by molar-refractivity contribution is 6.22. The van der Waals surface area contributed by atoms with Gasteiger partial charge in [0.25, 0.3) is 0 Å². The molecule has 0 fully saturated rings. The van der Waals surface area contributed by atoms with E-state index in [0.717, 1.165) is 11.1 Å². The highest BCUT2D eigenvalue weighted by Gasteiger charge is 2.20. The van der Waals surface area contributed by atoms with Gasteiger partial charge in [0.1, 0.15) is 17.1 Å². The summed E-state index contributed by atoms with van der Waals surface area (Å²) < 4.78 is 6.06. The molecule has 3 aromatic carbocycles. The average Bonchev–Trinajstić information content (AvgIpc) is 2.65. The van der Waals surface area contributed by atoms with Gasteiger partial charge in [-0.3, -0.25) is 0 Å². The Bertz CT molecular complexity index is 921. The molecule has 0 spiro atoms. The minimum atomic E-state index is -1.03. The normalized spacial score (nSPS) is 11.6. The number of hydrogen-bond donors (Lipinski definition) is 1. The summed E-state index contributed by atoms with van der Waals surface area (Å²) in [4.78, 5) is 12.1. The molecule has 0 unspecified atom stereocenters. The highest BCUT2D eigenvalue weighted by Crippen LogP contribution is 2.30. The molecule has 0 aliphatic rings. The van der Waals surface area contributed by atoms with E-state index < -0.39 is 5.97 Å². The molecule has 0 saturated carbocycles. The number of rotatable bonds is 5. The van der Waals surface area contributed by atoms with Crippen molar-refractivity contribution in [2.45, 2.75) is 13.8 Å². The molecule has 0 saturated heterocycles. The van der Waals surface area contributed by atoms with E-state index in [2.05, 4.69) is 0 Å². The van der Waals surface area contributed by atoms with Gasteiger partial charge in [-0.1, -0.05) is 77.9 Å². The first-order valence-electron chi connectivity index (χ1n) is 8.39. The van der Waals surface area contributed by atoms with E-state index in [1.807, 2.05) is 80.6 Å². The van der Waals surface area contributed by atoms with Crippen molar-refractivity contribution in [2.75, 3.05) is 0 Å². The Morgan fingerprint density at radius 2 is 1.27 bits per heavy atom. The molecule has 0 aliphatic carbocycles. The summed E-state index contributed by atoms with van der Waals surface area (Å²) in [5.74, 6) is -0.106. The van der Waals surface area contributed by atoms with Gasteiger partial charge in [0.05, 0.1) is 0 Å². The van der Waals surface area contributed by atoms with Crippen molar-refractivity contribution in [1.82, 2.24) is 0 Å². The molecule has 0 aromatic heterocycles. The third kappa shape index (κ3) is 4.01. The fourth-order valence-electron chi connectivity index (χ4n) is 2.64. The van der Waals surface area contributed by atoms with E-state index in [1.54, 1.807) is 12.1 Å². The van der Waals surface area contributed by atoms with Crippen LogP contribution < -0.4 is 4.74 Å². The van der Waals surface area contributed by atoms with Gasteiger partial charge in [0, 0.05) is 5.56 Å². The van der Waals surface area contributed by atoms with Crippen LogP contribution in [-0.2, 0) is 4.79 Å². The first kappa shape index (κ1) is 17.5. The monoisotopic (exact) mass is 344 g/mol. The molecule has 0 aliphatic heterocycles. The molecule has 26 heavy (non-hydrogen) atoms. The molecular formula is C23H20O3. The zero-order valence-corrected chi connectivity index (χ0v) is 14.8. The van der Waals surface area contributed by atoms with Gasteiger partial charge in [0.15, 0.2) is 0 Å². The molecule has 0 atom stereocenters. The number of benzene rings is 3. The summed E-state index contributed by atoms with van der Waals surface area (Å²) >= 11 is 0. The van der Waals surface area contributed by atoms with Crippen LogP contribution in [0.5, 0.6) is 5.75 Å². The lowest BCUT2D eigenvalue weighted by atomic mass is 10.00. The predicted molar refractivity (Wildman–Crippen MR) is 104 cm³/mol. The second kappa shape index (κ2) is 7.70. The topological polar surface area (TPSA) is 46.5 Å². The van der Waals surface area contributed by atoms with Crippen LogP contribution >= 0.6 is 0 Å². The Balaban J connectivity index is 2.18. The lowest BCUT2D eigenvalue weighted by molar-refractivity contribution is -0.130. The van der Waals surface area contributed by atoms with Crippen LogP contribution in [0.15, 0.2) is 78.9 Å². The first-order chi connectivity index (χ1) is 12.5. The summed E-state index contributed by atoms with van der Waals surface area (Å²) in [6.45, 7) is 3.96. The first-order valence-corrected chi connectivity index (χ1v) is 8.39. The van der Waals surface area contributed by atoms with Crippen LogP contribution in [0, 0.1) is 13.8 Å². The van der Waals surface area contributed by atoms with Crippen molar-refractivity contribution in [3.63, 3.8) is 0 Å². The van der Waals surface area contributed by atoms with Crippen LogP contribution in [0.1, 0.15) is 22.3 Å². The Hall–Kier alpha value is -3.33. The second-order valence-corrected chi connectivity index (χ2v) is 6.16. The SMILES string of the molecule is Cc1ccc(OC(=C(C(=O)O)c2ccc(C)cc2)c2ccccc2)cc1. The van der Waals surface area contributed by atoms with Crippen LogP contribution in [-0.4, -0.2) is 11.1 Å². The summed E-state index contributed by atoms with van der Waals surface area (Å²) in [5.41, 5.74) is 3.63. The van der Waals surface area contributed by atoms with Crippen LogP contribution in [0.4, 0.5) is 0 Å². The van der Waals surface area contributed by atoms with Crippen molar-refractivity contribution < 1.29 is 14.6 Å². The second-order valence-electron chi connectivity index (χ2n) is 6.16. The molecule has 0 heterocycles. The maximum atomic E-state index is 12.1. The Morgan fingerprint density at radius 1 is 0.731 bits per heavy atom. The quantitative estimate of drug-likeness (QED) is 0.386. The fraction of sp³-hybridized carbons (Fsp3) is 0.0870. The van der Waals surface area contributed by atoms with Crippen LogP contribution in [0.2, 0.25) is 0 Å². The standard InChI is InChI=1S/C23H20O3/c1-16-8-12-18(13-9-16)21(23(24)25)22(19-6-4-3-5-7-19)26-20-14-10-17(2)11-15-20/h3-15H,1-2H3,(H,24,25). The zero-order chi connectivity index (χ0) is 18.5. The predicted octanol–water partition coefficient (Wildman–Crippen LogP) is 5.34. The van der Waals surface area contributed by atoms with Crippen LogP contribution in [0.25, 0.3) is 11.3 Å². The number of aryl methyl sites for hydroxylation is 2. The number of carboxylic acid groups (broad SMARTS) is 1. The molecule has 130 valence electrons. The summed E-state index contributed by atoms with van der Waals surface area (Å²) in [6.07, 6.45) is 0. The minimum absolute atomic E-state index is 0.136. The van der Waals surface area contributed by atoms with E-state index in [4.69, 9.17) is 4.74 Å². The third-order valence-electron chi connectivity index (χ3n) is 4.06. The van der Waals surface area contributed by atoms with Gasteiger partial charge < -0.3 is 9.84 Å². The summed E-state index contributed by atoms with van der Waals surface area (Å²) in [5, 5.41) is 9.91. The molecule has 0 amide bonds. The van der Waals surface area contributed by atoms with E-state index in [9.17, 15) is 9.90 Å². The lowest BCUT2D eigenvalue weighted by Crippen LogP contribution is -2.08. The number of carbonyl (C=O) groups is 1. The molecule has 3 nitrogen and oxygen atoms in total. The molecule has 3 aromatic rings. The van der Waals surface area contributed by atoms with Crippen molar-refractivity contribution in [1.29, 1.82) is 0 Å². The number of carboxylic acids is 1. The molecular weight excluding hydrogens is 324 g/mol. The van der Waals surface area contributed by atoms with Crippen molar-refractivity contribution in [3.05, 3.63) is 101 Å². The van der Waals surface area contributed by atoms with E-state index in [0.29, 0.717) is 22.6 Å². The van der Waals surface area contributed by atoms with Crippen molar-refractivity contribution in [3.8, 4) is 5.75 Å². The highest BCUT2D eigenvalue weighted by atomic mass is 16.5. The van der Waals surface area contributed by atoms with Gasteiger partial charge in [-0.15, -0.1) is 0 Å². The third-order valence-corrected chi connectivity index (χ3v) is 4.06. The van der Waals surface area contributed by atoms with Crippen molar-refractivity contribution in [2.24, 2.45) is 0 Å². The van der Waals surface area contributed by atoms with Gasteiger partial charge in [-0.05, 0) is 31.5 Å². The van der Waals surface area contributed by atoms with Gasteiger partial charge in [0.2, 0.25) is 0 Å². The largest absolute Gasteiger partial charge is 0.478 e. The Kier molecular flexibility index (Phi) is 5.18. The average molecular weight is 344 g/mol. The summed E-state index contributed by atoms with van der Waals surface area (Å²) in [7, 11) is 0. The number of ether oxygens (including phenoxy) is 1. The minimum Gasteiger partial charge on any atom is -0.478 e. The fourth-order valence-corrected chi connectivity index (χ4v) is 2.64. The molecule has 0 bridgehead atoms. The van der Waals surface area contributed by atoms with Gasteiger partial charge in [-0.2, -0.15) is 0 Å². The Morgan fingerprint density at radius 3 is 1.81 bits per heavy atom. The van der Waals surface area contributed by atoms with E-state index >= 15 is 0 Å². The zero-order valence-electron chi connectivity index (χ0n) is 14.8. The Labute approximate surface area is 153 Å². The smallest absolute Gasteiger partial charge is 0.340 e. The van der Waals surface area contributed by atoms with E-state index in [1.165, 1.54) is 0 Å². The molecule has 3 heteroatoms.